The molecule has 0 aromatic carbocycles. The highest BCUT2D eigenvalue weighted by Crippen LogP contribution is 2.29. The second-order valence-corrected chi connectivity index (χ2v) is 6.46. The van der Waals surface area contributed by atoms with E-state index < -0.39 is 0 Å². The van der Waals surface area contributed by atoms with Gasteiger partial charge in [0.1, 0.15) is 0 Å². The second-order valence-electron chi connectivity index (χ2n) is 4.28. The summed E-state index contributed by atoms with van der Waals surface area (Å²) in [5, 5.41) is 4.64. The van der Waals surface area contributed by atoms with Crippen molar-refractivity contribution >= 4 is 27.3 Å². The van der Waals surface area contributed by atoms with Crippen LogP contribution in [0, 0.1) is 6.92 Å². The fourth-order valence-electron chi connectivity index (χ4n) is 1.43. The van der Waals surface area contributed by atoms with Gasteiger partial charge < -0.3 is 5.32 Å². The third-order valence-corrected chi connectivity index (χ3v) is 4.26. The van der Waals surface area contributed by atoms with Gasteiger partial charge in [0.05, 0.1) is 10.7 Å². The van der Waals surface area contributed by atoms with Crippen molar-refractivity contribution < 1.29 is 0 Å². The van der Waals surface area contributed by atoms with Crippen LogP contribution < -0.4 is 5.32 Å². The SMILES string of the molecule is C=C(Br)CNC(C)c1sc(C(C)C)nc1C. The summed E-state index contributed by atoms with van der Waals surface area (Å²) in [5.74, 6) is 0.510. The Bertz CT molecular complexity index is 371. The summed E-state index contributed by atoms with van der Waals surface area (Å²) in [6, 6.07) is 0.333. The summed E-state index contributed by atoms with van der Waals surface area (Å²) < 4.78 is 0.977. The molecule has 0 radical (unpaired) electrons. The predicted octanol–water partition coefficient (Wildman–Crippen LogP) is 4.13. The predicted molar refractivity (Wildman–Crippen MR) is 75.4 cm³/mol. The van der Waals surface area contributed by atoms with Crippen molar-refractivity contribution in [3.8, 4) is 0 Å². The Kier molecular flexibility index (Phi) is 5.15. The van der Waals surface area contributed by atoms with Gasteiger partial charge in [-0.05, 0) is 13.8 Å². The van der Waals surface area contributed by atoms with E-state index in [1.807, 2.05) is 11.3 Å². The van der Waals surface area contributed by atoms with E-state index in [1.165, 1.54) is 9.88 Å². The number of aryl methyl sites for hydroxylation is 1. The van der Waals surface area contributed by atoms with Gasteiger partial charge in [-0.15, -0.1) is 11.3 Å². The summed E-state index contributed by atoms with van der Waals surface area (Å²) in [5.41, 5.74) is 1.15. The summed E-state index contributed by atoms with van der Waals surface area (Å²) in [7, 11) is 0. The average Bonchev–Trinajstić information content (AvgIpc) is 2.57. The Morgan fingerprint density at radius 3 is 2.56 bits per heavy atom. The van der Waals surface area contributed by atoms with Crippen LogP contribution in [-0.4, -0.2) is 11.5 Å². The van der Waals surface area contributed by atoms with Gasteiger partial charge in [-0.1, -0.05) is 36.4 Å². The van der Waals surface area contributed by atoms with Crippen LogP contribution in [0.15, 0.2) is 11.1 Å². The molecule has 1 aromatic rings. The molecule has 0 aliphatic carbocycles. The molecule has 4 heteroatoms. The fraction of sp³-hybridized carbons (Fsp3) is 0.583. The van der Waals surface area contributed by atoms with E-state index in [1.54, 1.807) is 0 Å². The first kappa shape index (κ1) is 13.9. The maximum Gasteiger partial charge on any atom is 0.0956 e. The lowest BCUT2D eigenvalue weighted by molar-refractivity contribution is 0.621. The van der Waals surface area contributed by atoms with Crippen molar-refractivity contribution in [2.75, 3.05) is 6.54 Å². The number of aromatic nitrogens is 1. The fourth-order valence-corrected chi connectivity index (χ4v) is 2.69. The molecule has 0 aliphatic rings. The summed E-state index contributed by atoms with van der Waals surface area (Å²) in [6.45, 7) is 13.2. The summed E-state index contributed by atoms with van der Waals surface area (Å²) in [6.07, 6.45) is 0. The molecule has 90 valence electrons. The topological polar surface area (TPSA) is 24.9 Å². The van der Waals surface area contributed by atoms with Crippen molar-refractivity contribution in [2.24, 2.45) is 0 Å². The average molecular weight is 303 g/mol. The third kappa shape index (κ3) is 3.68. The molecule has 0 saturated heterocycles. The molecular weight excluding hydrogens is 284 g/mol. The Labute approximate surface area is 110 Å². The molecule has 1 aromatic heterocycles. The standard InChI is InChI=1S/C12H19BrN2S/c1-7(2)12-15-10(5)11(16-12)9(4)14-6-8(3)13/h7,9,14H,3,6H2,1-2,4-5H3. The maximum absolute atomic E-state index is 4.60. The zero-order chi connectivity index (χ0) is 12.3. The number of thiazole rings is 1. The lowest BCUT2D eigenvalue weighted by atomic mass is 10.2. The van der Waals surface area contributed by atoms with Crippen molar-refractivity contribution in [3.63, 3.8) is 0 Å². The molecule has 0 spiro atoms. The van der Waals surface area contributed by atoms with Crippen LogP contribution in [0.5, 0.6) is 0 Å². The van der Waals surface area contributed by atoms with E-state index in [4.69, 9.17) is 0 Å². The maximum atomic E-state index is 4.60. The molecule has 0 amide bonds. The highest BCUT2D eigenvalue weighted by atomic mass is 79.9. The van der Waals surface area contributed by atoms with Crippen LogP contribution in [-0.2, 0) is 0 Å². The van der Waals surface area contributed by atoms with E-state index >= 15 is 0 Å². The second kappa shape index (κ2) is 5.94. The lowest BCUT2D eigenvalue weighted by Crippen LogP contribution is -2.19. The normalized spacial score (nSPS) is 13.1. The first-order chi connectivity index (χ1) is 7.41. The monoisotopic (exact) mass is 302 g/mol. The smallest absolute Gasteiger partial charge is 0.0956 e. The number of nitrogens with zero attached hydrogens (tertiary/aromatic N) is 1. The number of nitrogens with one attached hydrogen (secondary N) is 1. The molecule has 0 saturated carbocycles. The molecule has 1 N–H and O–H groups in total. The Morgan fingerprint density at radius 1 is 1.50 bits per heavy atom. The molecule has 16 heavy (non-hydrogen) atoms. The summed E-state index contributed by atoms with van der Waals surface area (Å²) in [4.78, 5) is 5.93. The molecule has 2 nitrogen and oxygen atoms in total. The highest BCUT2D eigenvalue weighted by Gasteiger charge is 2.15. The van der Waals surface area contributed by atoms with Gasteiger partial charge in [0, 0.05) is 27.9 Å². The first-order valence-corrected chi connectivity index (χ1v) is 7.06. The summed E-state index contributed by atoms with van der Waals surface area (Å²) >= 11 is 5.16. The number of hydrogen-bond donors (Lipinski definition) is 1. The molecule has 1 heterocycles. The minimum atomic E-state index is 0.333. The molecule has 0 fully saturated rings. The molecular formula is C12H19BrN2S. The third-order valence-electron chi connectivity index (χ3n) is 2.34. The van der Waals surface area contributed by atoms with Crippen LogP contribution in [0.4, 0.5) is 0 Å². The zero-order valence-corrected chi connectivity index (χ0v) is 12.7. The van der Waals surface area contributed by atoms with Gasteiger partial charge in [0.15, 0.2) is 0 Å². The van der Waals surface area contributed by atoms with E-state index in [9.17, 15) is 0 Å². The van der Waals surface area contributed by atoms with E-state index in [0.717, 1.165) is 16.7 Å². The van der Waals surface area contributed by atoms with Crippen molar-refractivity contribution in [1.82, 2.24) is 10.3 Å². The van der Waals surface area contributed by atoms with Crippen LogP contribution in [0.25, 0.3) is 0 Å². The van der Waals surface area contributed by atoms with Crippen molar-refractivity contribution in [1.29, 1.82) is 0 Å². The molecule has 0 bridgehead atoms. The van der Waals surface area contributed by atoms with Crippen molar-refractivity contribution in [2.45, 2.75) is 39.7 Å². The zero-order valence-electron chi connectivity index (χ0n) is 10.3. The van der Waals surface area contributed by atoms with Crippen LogP contribution >= 0.6 is 27.3 Å². The van der Waals surface area contributed by atoms with E-state index in [0.29, 0.717) is 12.0 Å². The Morgan fingerprint density at radius 2 is 2.12 bits per heavy atom. The van der Waals surface area contributed by atoms with Gasteiger partial charge in [-0.25, -0.2) is 4.98 Å². The molecule has 1 unspecified atom stereocenters. The van der Waals surface area contributed by atoms with Gasteiger partial charge in [0.2, 0.25) is 0 Å². The number of halogens is 1. The van der Waals surface area contributed by atoms with Crippen LogP contribution in [0.1, 0.15) is 48.3 Å². The first-order valence-electron chi connectivity index (χ1n) is 5.45. The lowest BCUT2D eigenvalue weighted by Gasteiger charge is -2.11. The van der Waals surface area contributed by atoms with Crippen molar-refractivity contribution in [3.05, 3.63) is 26.6 Å². The number of hydrogen-bond acceptors (Lipinski definition) is 3. The molecule has 1 rings (SSSR count). The van der Waals surface area contributed by atoms with E-state index in [2.05, 4.69) is 60.5 Å². The molecule has 1 atom stereocenters. The van der Waals surface area contributed by atoms with Gasteiger partial charge in [-0.3, -0.25) is 0 Å². The van der Waals surface area contributed by atoms with Gasteiger partial charge >= 0.3 is 0 Å². The Hall–Kier alpha value is -0.190. The minimum absolute atomic E-state index is 0.333. The Balaban J connectivity index is 2.75. The minimum Gasteiger partial charge on any atom is -0.305 e. The van der Waals surface area contributed by atoms with E-state index in [-0.39, 0.29) is 0 Å². The van der Waals surface area contributed by atoms with Gasteiger partial charge in [0.25, 0.3) is 0 Å². The van der Waals surface area contributed by atoms with Crippen LogP contribution in [0.2, 0.25) is 0 Å². The van der Waals surface area contributed by atoms with Crippen LogP contribution in [0.3, 0.4) is 0 Å². The number of rotatable bonds is 5. The van der Waals surface area contributed by atoms with Gasteiger partial charge in [-0.2, -0.15) is 0 Å². The molecule has 0 aliphatic heterocycles. The quantitative estimate of drug-likeness (QED) is 0.884. The largest absolute Gasteiger partial charge is 0.305 e. The highest BCUT2D eigenvalue weighted by molar-refractivity contribution is 9.11.